The highest BCUT2D eigenvalue weighted by Gasteiger charge is 2.36. The fraction of sp³-hybridized carbons (Fsp3) is 0.333. The lowest BCUT2D eigenvalue weighted by Crippen LogP contribution is -2.36. The number of nitrogens with zero attached hydrogens (tertiary/aromatic N) is 2. The fourth-order valence-electron chi connectivity index (χ4n) is 3.56. The quantitative estimate of drug-likeness (QED) is 0.627. The van der Waals surface area contributed by atoms with Gasteiger partial charge in [0.05, 0.1) is 11.3 Å². The molecule has 0 saturated carbocycles. The van der Waals surface area contributed by atoms with E-state index in [1.165, 1.54) is 11.0 Å². The second kappa shape index (κ2) is 7.18. The summed E-state index contributed by atoms with van der Waals surface area (Å²) in [6.45, 7) is 5.90. The normalized spacial score (nSPS) is 14.5. The molecule has 3 rings (SSSR count). The van der Waals surface area contributed by atoms with E-state index in [0.717, 1.165) is 22.9 Å². The molecular weight excluding hydrogens is 353 g/mol. The van der Waals surface area contributed by atoms with Gasteiger partial charge in [0.2, 0.25) is 0 Å². The number of hydrogen-bond acceptors (Lipinski definition) is 2. The van der Waals surface area contributed by atoms with Crippen LogP contribution in [0.1, 0.15) is 46.0 Å². The Morgan fingerprint density at radius 3 is 2.59 bits per heavy atom. The first-order valence-corrected chi connectivity index (χ1v) is 8.85. The number of alkyl halides is 3. The highest BCUT2D eigenvalue weighted by atomic mass is 19.4. The van der Waals surface area contributed by atoms with Crippen molar-refractivity contribution in [2.24, 2.45) is 4.99 Å². The predicted octanol–water partition coefficient (Wildman–Crippen LogP) is 5.64. The van der Waals surface area contributed by atoms with Gasteiger partial charge in [0, 0.05) is 24.0 Å². The molecular formula is C21H21F3N2O. The summed E-state index contributed by atoms with van der Waals surface area (Å²) in [7, 11) is 0. The van der Waals surface area contributed by atoms with Gasteiger partial charge in [-0.2, -0.15) is 13.2 Å². The lowest BCUT2D eigenvalue weighted by atomic mass is 9.94. The van der Waals surface area contributed by atoms with Crippen LogP contribution in [0, 0.1) is 13.8 Å². The van der Waals surface area contributed by atoms with Crippen LogP contribution in [-0.4, -0.2) is 18.7 Å². The SMILES string of the molecule is CC=Nc1cc(C)c(C(=O)N2CCCc3c2cccc3C(F)(F)F)cc1C. The van der Waals surface area contributed by atoms with E-state index in [9.17, 15) is 18.0 Å². The van der Waals surface area contributed by atoms with Crippen molar-refractivity contribution in [3.63, 3.8) is 0 Å². The van der Waals surface area contributed by atoms with Crippen LogP contribution in [0.15, 0.2) is 35.3 Å². The molecule has 0 spiro atoms. The van der Waals surface area contributed by atoms with Gasteiger partial charge < -0.3 is 4.90 Å². The number of aliphatic imine (C=N–C) groups is 1. The summed E-state index contributed by atoms with van der Waals surface area (Å²) in [5, 5.41) is 0. The smallest absolute Gasteiger partial charge is 0.308 e. The van der Waals surface area contributed by atoms with Crippen LogP contribution in [0.25, 0.3) is 0 Å². The molecule has 27 heavy (non-hydrogen) atoms. The van der Waals surface area contributed by atoms with Gasteiger partial charge in [-0.1, -0.05) is 6.07 Å². The van der Waals surface area contributed by atoms with Crippen molar-refractivity contribution in [2.75, 3.05) is 11.4 Å². The Bertz CT molecular complexity index is 916. The first-order valence-electron chi connectivity index (χ1n) is 8.85. The number of carbonyl (C=O) groups is 1. The average Bonchev–Trinajstić information content (AvgIpc) is 2.62. The van der Waals surface area contributed by atoms with Gasteiger partial charge in [0.1, 0.15) is 0 Å². The zero-order valence-electron chi connectivity index (χ0n) is 15.5. The van der Waals surface area contributed by atoms with Gasteiger partial charge in [-0.05, 0) is 74.6 Å². The van der Waals surface area contributed by atoms with Gasteiger partial charge in [-0.3, -0.25) is 9.79 Å². The highest BCUT2D eigenvalue weighted by Crippen LogP contribution is 2.39. The highest BCUT2D eigenvalue weighted by molar-refractivity contribution is 6.08. The number of fused-ring (bicyclic) bond motifs is 1. The molecule has 1 amide bonds. The molecule has 2 aromatic rings. The number of amides is 1. The molecule has 1 aliphatic rings. The molecule has 0 aliphatic carbocycles. The van der Waals surface area contributed by atoms with E-state index < -0.39 is 11.7 Å². The summed E-state index contributed by atoms with van der Waals surface area (Å²) in [4.78, 5) is 18.9. The number of halogens is 3. The lowest BCUT2D eigenvalue weighted by molar-refractivity contribution is -0.138. The minimum atomic E-state index is -4.43. The maximum Gasteiger partial charge on any atom is 0.416 e. The number of hydrogen-bond donors (Lipinski definition) is 0. The van der Waals surface area contributed by atoms with Crippen molar-refractivity contribution in [1.29, 1.82) is 0 Å². The van der Waals surface area contributed by atoms with Crippen LogP contribution >= 0.6 is 0 Å². The van der Waals surface area contributed by atoms with E-state index in [2.05, 4.69) is 4.99 Å². The number of rotatable bonds is 2. The van der Waals surface area contributed by atoms with Crippen LogP contribution < -0.4 is 4.90 Å². The van der Waals surface area contributed by atoms with E-state index in [-0.39, 0.29) is 11.5 Å². The Kier molecular flexibility index (Phi) is 5.09. The van der Waals surface area contributed by atoms with Gasteiger partial charge >= 0.3 is 6.18 Å². The Hall–Kier alpha value is -2.63. The maximum absolute atomic E-state index is 13.3. The molecule has 0 saturated heterocycles. The molecule has 1 heterocycles. The third-order valence-corrected chi connectivity index (χ3v) is 4.84. The third kappa shape index (κ3) is 3.61. The summed E-state index contributed by atoms with van der Waals surface area (Å²) in [6, 6.07) is 7.64. The maximum atomic E-state index is 13.3. The van der Waals surface area contributed by atoms with Gasteiger partial charge in [0.15, 0.2) is 0 Å². The fourth-order valence-corrected chi connectivity index (χ4v) is 3.56. The first kappa shape index (κ1) is 19.1. The first-order chi connectivity index (χ1) is 12.7. The van der Waals surface area contributed by atoms with Crippen molar-refractivity contribution in [2.45, 2.75) is 39.8 Å². The molecule has 0 unspecified atom stereocenters. The Labute approximate surface area is 156 Å². The van der Waals surface area contributed by atoms with Gasteiger partial charge in [-0.25, -0.2) is 0 Å². The van der Waals surface area contributed by atoms with Crippen LogP contribution in [-0.2, 0) is 12.6 Å². The molecule has 0 atom stereocenters. The van der Waals surface area contributed by atoms with Crippen LogP contribution in [0.4, 0.5) is 24.5 Å². The molecule has 0 bridgehead atoms. The van der Waals surface area contributed by atoms with Crippen LogP contribution in [0.2, 0.25) is 0 Å². The number of anilines is 1. The predicted molar refractivity (Wildman–Crippen MR) is 101 cm³/mol. The van der Waals surface area contributed by atoms with E-state index in [0.29, 0.717) is 30.6 Å². The van der Waals surface area contributed by atoms with E-state index in [1.54, 1.807) is 18.3 Å². The van der Waals surface area contributed by atoms with Crippen molar-refractivity contribution < 1.29 is 18.0 Å². The number of aryl methyl sites for hydroxylation is 2. The molecule has 142 valence electrons. The second-order valence-corrected chi connectivity index (χ2v) is 6.70. The molecule has 3 nitrogen and oxygen atoms in total. The Morgan fingerprint density at radius 1 is 1.19 bits per heavy atom. The topological polar surface area (TPSA) is 32.7 Å². The third-order valence-electron chi connectivity index (χ3n) is 4.84. The average molecular weight is 374 g/mol. The summed E-state index contributed by atoms with van der Waals surface area (Å²) >= 11 is 0. The summed E-state index contributed by atoms with van der Waals surface area (Å²) < 4.78 is 40.0. The zero-order chi connectivity index (χ0) is 19.8. The Balaban J connectivity index is 2.05. The monoisotopic (exact) mass is 374 g/mol. The molecule has 0 aromatic heterocycles. The van der Waals surface area contributed by atoms with Gasteiger partial charge in [0.25, 0.3) is 5.91 Å². The summed E-state index contributed by atoms with van der Waals surface area (Å²) in [6.07, 6.45) is -1.93. The largest absolute Gasteiger partial charge is 0.416 e. The molecule has 2 aromatic carbocycles. The molecule has 0 N–H and O–H groups in total. The van der Waals surface area contributed by atoms with Crippen molar-refractivity contribution in [3.05, 3.63) is 58.1 Å². The molecule has 0 fully saturated rings. The van der Waals surface area contributed by atoms with Crippen LogP contribution in [0.5, 0.6) is 0 Å². The molecule has 0 radical (unpaired) electrons. The Morgan fingerprint density at radius 2 is 1.93 bits per heavy atom. The zero-order valence-corrected chi connectivity index (χ0v) is 15.5. The van der Waals surface area contributed by atoms with E-state index in [1.807, 2.05) is 26.8 Å². The van der Waals surface area contributed by atoms with Gasteiger partial charge in [-0.15, -0.1) is 0 Å². The molecule has 1 aliphatic heterocycles. The molecule has 6 heteroatoms. The van der Waals surface area contributed by atoms with Crippen molar-refractivity contribution >= 4 is 23.5 Å². The standard InChI is InChI=1S/C21H21F3N2O/c1-4-25-18-12-13(2)16(11-14(18)3)20(27)26-10-6-7-15-17(21(22,23)24)8-5-9-19(15)26/h4-5,8-9,11-12H,6-7,10H2,1-3H3. The van der Waals surface area contributed by atoms with E-state index in [4.69, 9.17) is 0 Å². The number of carbonyl (C=O) groups excluding carboxylic acids is 1. The second-order valence-electron chi connectivity index (χ2n) is 6.70. The summed E-state index contributed by atoms with van der Waals surface area (Å²) in [5.74, 6) is -0.275. The lowest BCUT2D eigenvalue weighted by Gasteiger charge is -2.31. The van der Waals surface area contributed by atoms with Crippen LogP contribution in [0.3, 0.4) is 0 Å². The number of benzene rings is 2. The van der Waals surface area contributed by atoms with E-state index >= 15 is 0 Å². The summed E-state index contributed by atoms with van der Waals surface area (Å²) in [5.41, 5.74) is 2.78. The van der Waals surface area contributed by atoms with Crippen molar-refractivity contribution in [3.8, 4) is 0 Å². The minimum Gasteiger partial charge on any atom is -0.308 e. The van der Waals surface area contributed by atoms with Crippen molar-refractivity contribution in [1.82, 2.24) is 0 Å². The minimum absolute atomic E-state index is 0.200.